The van der Waals surface area contributed by atoms with Crippen LogP contribution in [0.5, 0.6) is 0 Å². The third-order valence-corrected chi connectivity index (χ3v) is 4.16. The van der Waals surface area contributed by atoms with Gasteiger partial charge in [-0.3, -0.25) is 0 Å². The molecule has 0 bridgehead atoms. The molecule has 0 aliphatic carbocycles. The monoisotopic (exact) mass is 281 g/mol. The molecule has 0 unspecified atom stereocenters. The SMILES string of the molecule is CC(C)(C)c1ccc(Cc2ncnc3c2CNCC3)cc1. The number of aromatic nitrogens is 2. The summed E-state index contributed by atoms with van der Waals surface area (Å²) in [5, 5.41) is 3.42. The Kier molecular flexibility index (Phi) is 3.77. The zero-order valence-electron chi connectivity index (χ0n) is 13.1. The van der Waals surface area contributed by atoms with Gasteiger partial charge in [-0.1, -0.05) is 45.0 Å². The van der Waals surface area contributed by atoms with E-state index in [9.17, 15) is 0 Å². The van der Waals surface area contributed by atoms with E-state index in [1.54, 1.807) is 6.33 Å². The van der Waals surface area contributed by atoms with Crippen molar-refractivity contribution >= 4 is 0 Å². The predicted octanol–water partition coefficient (Wildman–Crippen LogP) is 3.01. The molecule has 21 heavy (non-hydrogen) atoms. The second-order valence-corrected chi connectivity index (χ2v) is 6.80. The summed E-state index contributed by atoms with van der Waals surface area (Å²) >= 11 is 0. The Morgan fingerprint density at radius 3 is 2.57 bits per heavy atom. The summed E-state index contributed by atoms with van der Waals surface area (Å²) in [5.74, 6) is 0. The third-order valence-electron chi connectivity index (χ3n) is 4.16. The van der Waals surface area contributed by atoms with E-state index >= 15 is 0 Å². The molecule has 0 radical (unpaired) electrons. The van der Waals surface area contributed by atoms with E-state index in [2.05, 4.69) is 60.3 Å². The zero-order valence-corrected chi connectivity index (χ0v) is 13.1. The van der Waals surface area contributed by atoms with Crippen LogP contribution in [0.4, 0.5) is 0 Å². The topological polar surface area (TPSA) is 37.8 Å². The molecule has 2 heterocycles. The summed E-state index contributed by atoms with van der Waals surface area (Å²) < 4.78 is 0. The molecule has 1 aromatic heterocycles. The van der Waals surface area contributed by atoms with Crippen LogP contribution in [0.3, 0.4) is 0 Å². The van der Waals surface area contributed by atoms with Gasteiger partial charge in [0, 0.05) is 37.2 Å². The Labute approximate surface area is 126 Å². The lowest BCUT2D eigenvalue weighted by atomic mass is 9.86. The van der Waals surface area contributed by atoms with Gasteiger partial charge in [0.15, 0.2) is 0 Å². The number of fused-ring (bicyclic) bond motifs is 1. The molecule has 0 saturated carbocycles. The Balaban J connectivity index is 1.84. The van der Waals surface area contributed by atoms with Crippen molar-refractivity contribution in [3.63, 3.8) is 0 Å². The minimum absolute atomic E-state index is 0.205. The molecule has 1 aromatic carbocycles. The van der Waals surface area contributed by atoms with Crippen molar-refractivity contribution in [3.8, 4) is 0 Å². The first-order valence-corrected chi connectivity index (χ1v) is 7.66. The fraction of sp³-hybridized carbons (Fsp3) is 0.444. The maximum Gasteiger partial charge on any atom is 0.115 e. The first-order chi connectivity index (χ1) is 10.0. The van der Waals surface area contributed by atoms with Crippen molar-refractivity contribution in [2.24, 2.45) is 0 Å². The molecular formula is C18H23N3. The Bertz CT molecular complexity index is 624. The molecule has 0 fully saturated rings. The summed E-state index contributed by atoms with van der Waals surface area (Å²) in [6, 6.07) is 8.93. The molecule has 0 spiro atoms. The van der Waals surface area contributed by atoms with Crippen molar-refractivity contribution in [1.82, 2.24) is 15.3 Å². The van der Waals surface area contributed by atoms with E-state index in [1.807, 2.05) is 0 Å². The van der Waals surface area contributed by atoms with Gasteiger partial charge >= 0.3 is 0 Å². The van der Waals surface area contributed by atoms with Gasteiger partial charge in [-0.15, -0.1) is 0 Å². The van der Waals surface area contributed by atoms with Crippen molar-refractivity contribution in [2.45, 2.75) is 45.6 Å². The van der Waals surface area contributed by atoms with Crippen molar-refractivity contribution in [2.75, 3.05) is 6.54 Å². The van der Waals surface area contributed by atoms with Gasteiger partial charge in [-0.2, -0.15) is 0 Å². The van der Waals surface area contributed by atoms with E-state index < -0.39 is 0 Å². The summed E-state index contributed by atoms with van der Waals surface area (Å²) in [5.41, 5.74) is 6.56. The highest BCUT2D eigenvalue weighted by molar-refractivity contribution is 5.34. The maximum absolute atomic E-state index is 4.51. The average molecular weight is 281 g/mol. The van der Waals surface area contributed by atoms with Crippen LogP contribution in [-0.2, 0) is 24.8 Å². The molecule has 0 amide bonds. The lowest BCUT2D eigenvalue weighted by molar-refractivity contribution is 0.590. The molecule has 3 nitrogen and oxygen atoms in total. The smallest absolute Gasteiger partial charge is 0.115 e. The Morgan fingerprint density at radius 1 is 1.10 bits per heavy atom. The van der Waals surface area contributed by atoms with E-state index in [1.165, 1.54) is 22.4 Å². The van der Waals surface area contributed by atoms with Gasteiger partial charge < -0.3 is 5.32 Å². The normalized spacial score (nSPS) is 14.8. The van der Waals surface area contributed by atoms with Crippen LogP contribution in [0.15, 0.2) is 30.6 Å². The third kappa shape index (κ3) is 3.13. The molecule has 1 N–H and O–H groups in total. The number of benzene rings is 1. The highest BCUT2D eigenvalue weighted by Gasteiger charge is 2.16. The second-order valence-electron chi connectivity index (χ2n) is 6.80. The Morgan fingerprint density at radius 2 is 1.86 bits per heavy atom. The summed E-state index contributed by atoms with van der Waals surface area (Å²) in [6.07, 6.45) is 3.60. The van der Waals surface area contributed by atoms with Gasteiger partial charge in [0.2, 0.25) is 0 Å². The molecule has 0 atom stereocenters. The van der Waals surface area contributed by atoms with Crippen molar-refractivity contribution in [1.29, 1.82) is 0 Å². The van der Waals surface area contributed by atoms with Crippen LogP contribution in [0.1, 0.15) is 48.8 Å². The number of nitrogens with one attached hydrogen (secondary N) is 1. The summed E-state index contributed by atoms with van der Waals surface area (Å²) in [4.78, 5) is 8.92. The van der Waals surface area contributed by atoms with Crippen molar-refractivity contribution < 1.29 is 0 Å². The summed E-state index contributed by atoms with van der Waals surface area (Å²) in [6.45, 7) is 8.65. The minimum atomic E-state index is 0.205. The van der Waals surface area contributed by atoms with E-state index in [0.29, 0.717) is 0 Å². The van der Waals surface area contributed by atoms with Crippen LogP contribution < -0.4 is 5.32 Å². The van der Waals surface area contributed by atoms with Crippen LogP contribution in [-0.4, -0.2) is 16.5 Å². The molecular weight excluding hydrogens is 258 g/mol. The molecule has 110 valence electrons. The minimum Gasteiger partial charge on any atom is -0.312 e. The molecule has 3 rings (SSSR count). The first-order valence-electron chi connectivity index (χ1n) is 7.66. The fourth-order valence-electron chi connectivity index (χ4n) is 2.80. The van der Waals surface area contributed by atoms with Crippen LogP contribution >= 0.6 is 0 Å². The van der Waals surface area contributed by atoms with Crippen LogP contribution in [0, 0.1) is 0 Å². The number of hydrogen-bond acceptors (Lipinski definition) is 3. The quantitative estimate of drug-likeness (QED) is 0.919. The maximum atomic E-state index is 4.51. The standard InChI is InChI=1S/C18H23N3/c1-18(2,3)14-6-4-13(5-7-14)10-17-15-11-19-9-8-16(15)20-12-21-17/h4-7,12,19H,8-11H2,1-3H3. The number of rotatable bonds is 2. The molecule has 2 aromatic rings. The Hall–Kier alpha value is -1.74. The molecule has 0 saturated heterocycles. The fourth-order valence-corrected chi connectivity index (χ4v) is 2.80. The van der Waals surface area contributed by atoms with E-state index in [0.717, 1.165) is 31.6 Å². The lowest BCUT2D eigenvalue weighted by Gasteiger charge is -2.20. The zero-order chi connectivity index (χ0) is 14.9. The second kappa shape index (κ2) is 5.57. The van der Waals surface area contributed by atoms with Gasteiger partial charge in [0.25, 0.3) is 0 Å². The predicted molar refractivity (Wildman–Crippen MR) is 85.4 cm³/mol. The number of nitrogens with zero attached hydrogens (tertiary/aromatic N) is 2. The van der Waals surface area contributed by atoms with Gasteiger partial charge in [0.1, 0.15) is 6.33 Å². The van der Waals surface area contributed by atoms with Crippen LogP contribution in [0.25, 0.3) is 0 Å². The lowest BCUT2D eigenvalue weighted by Crippen LogP contribution is -2.26. The van der Waals surface area contributed by atoms with Gasteiger partial charge in [-0.25, -0.2) is 9.97 Å². The van der Waals surface area contributed by atoms with Crippen molar-refractivity contribution in [3.05, 3.63) is 58.7 Å². The number of hydrogen-bond donors (Lipinski definition) is 1. The molecule has 1 aliphatic heterocycles. The van der Waals surface area contributed by atoms with E-state index in [-0.39, 0.29) is 5.41 Å². The average Bonchev–Trinajstić information content (AvgIpc) is 2.47. The highest BCUT2D eigenvalue weighted by Crippen LogP contribution is 2.23. The van der Waals surface area contributed by atoms with Crippen LogP contribution in [0.2, 0.25) is 0 Å². The van der Waals surface area contributed by atoms with Gasteiger partial charge in [-0.05, 0) is 16.5 Å². The van der Waals surface area contributed by atoms with E-state index in [4.69, 9.17) is 0 Å². The first kappa shape index (κ1) is 14.2. The summed E-state index contributed by atoms with van der Waals surface area (Å²) in [7, 11) is 0. The molecule has 1 aliphatic rings. The van der Waals surface area contributed by atoms with Gasteiger partial charge in [0.05, 0.1) is 5.69 Å². The molecule has 3 heteroatoms. The largest absolute Gasteiger partial charge is 0.312 e. The highest BCUT2D eigenvalue weighted by atomic mass is 14.9.